The SMILES string of the molecule is Cc1ccc(C(=O)Nc2ccc3nc(Sc4ccc(/C=C5\SC(=Nc6cc(C)cc(C)c6)NC5=O)cc4[N+](=O)[O-])sc3c2)cc1. The molecule has 1 aromatic heterocycles. The molecule has 1 aliphatic heterocycles. The molecule has 1 fully saturated rings. The number of carbonyl (C=O) groups is 2. The molecule has 2 amide bonds. The minimum atomic E-state index is -0.439. The van der Waals surface area contributed by atoms with Crippen LogP contribution in [0.2, 0.25) is 0 Å². The van der Waals surface area contributed by atoms with Crippen molar-refractivity contribution >= 4 is 85.2 Å². The third-order valence-corrected chi connectivity index (χ3v) is 9.76. The van der Waals surface area contributed by atoms with E-state index >= 15 is 0 Å². The Morgan fingerprint density at radius 2 is 1.73 bits per heavy atom. The Morgan fingerprint density at radius 3 is 2.47 bits per heavy atom. The predicted molar refractivity (Wildman–Crippen MR) is 183 cm³/mol. The van der Waals surface area contributed by atoms with Crippen LogP contribution in [0.4, 0.5) is 17.1 Å². The van der Waals surface area contributed by atoms with Gasteiger partial charge in [0, 0.05) is 17.3 Å². The number of fused-ring (bicyclic) bond motifs is 1. The zero-order valence-electron chi connectivity index (χ0n) is 24.3. The van der Waals surface area contributed by atoms with Crippen molar-refractivity contribution in [3.8, 4) is 0 Å². The number of thioether (sulfide) groups is 1. The molecule has 0 spiro atoms. The molecule has 0 bridgehead atoms. The Balaban J connectivity index is 1.19. The van der Waals surface area contributed by atoms with Gasteiger partial charge in [-0.15, -0.1) is 11.3 Å². The summed E-state index contributed by atoms with van der Waals surface area (Å²) in [5, 5.41) is 18.2. The first-order valence-corrected chi connectivity index (χ1v) is 16.2. The van der Waals surface area contributed by atoms with Gasteiger partial charge < -0.3 is 10.6 Å². The highest BCUT2D eigenvalue weighted by Crippen LogP contribution is 2.40. The predicted octanol–water partition coefficient (Wildman–Crippen LogP) is 8.42. The molecule has 0 aliphatic carbocycles. The lowest BCUT2D eigenvalue weighted by Gasteiger charge is -2.05. The number of nitro benzene ring substituents is 1. The van der Waals surface area contributed by atoms with Gasteiger partial charge in [-0.2, -0.15) is 0 Å². The van der Waals surface area contributed by atoms with Crippen LogP contribution in [0, 0.1) is 30.9 Å². The zero-order chi connectivity index (χ0) is 31.7. The lowest BCUT2D eigenvalue weighted by molar-refractivity contribution is -0.387. The van der Waals surface area contributed by atoms with Gasteiger partial charge in [-0.1, -0.05) is 41.6 Å². The summed E-state index contributed by atoms with van der Waals surface area (Å²) in [5.41, 5.74) is 6.31. The summed E-state index contributed by atoms with van der Waals surface area (Å²) < 4.78 is 1.46. The third kappa shape index (κ3) is 7.14. The lowest BCUT2D eigenvalue weighted by atomic mass is 10.1. The second-order valence-electron chi connectivity index (χ2n) is 10.4. The number of thiazole rings is 1. The van der Waals surface area contributed by atoms with Crippen molar-refractivity contribution in [1.82, 2.24) is 10.3 Å². The number of nitrogens with one attached hydrogen (secondary N) is 2. The topological polar surface area (TPSA) is 127 Å². The van der Waals surface area contributed by atoms with Crippen LogP contribution < -0.4 is 10.6 Å². The van der Waals surface area contributed by atoms with E-state index in [0.717, 1.165) is 32.6 Å². The highest BCUT2D eigenvalue weighted by atomic mass is 32.2. The molecule has 224 valence electrons. The number of nitro groups is 1. The van der Waals surface area contributed by atoms with Crippen molar-refractivity contribution in [3.05, 3.63) is 122 Å². The van der Waals surface area contributed by atoms with Crippen molar-refractivity contribution in [2.45, 2.75) is 30.0 Å². The Bertz CT molecular complexity index is 2050. The number of rotatable bonds is 7. The fourth-order valence-electron chi connectivity index (χ4n) is 4.64. The Labute approximate surface area is 271 Å². The monoisotopic (exact) mass is 651 g/mol. The number of aromatic nitrogens is 1. The van der Waals surface area contributed by atoms with Crippen LogP contribution in [0.25, 0.3) is 16.3 Å². The number of hydrogen-bond donors (Lipinski definition) is 2. The summed E-state index contributed by atoms with van der Waals surface area (Å²) in [5.74, 6) is -0.523. The second-order valence-corrected chi connectivity index (χ2v) is 13.7. The van der Waals surface area contributed by atoms with Gasteiger partial charge >= 0.3 is 0 Å². The molecule has 6 rings (SSSR count). The van der Waals surface area contributed by atoms with Crippen molar-refractivity contribution in [2.24, 2.45) is 4.99 Å². The average molecular weight is 652 g/mol. The molecule has 2 heterocycles. The summed E-state index contributed by atoms with van der Waals surface area (Å²) >= 11 is 3.77. The summed E-state index contributed by atoms with van der Waals surface area (Å²) in [6.07, 6.45) is 1.62. The smallest absolute Gasteiger partial charge is 0.283 e. The van der Waals surface area contributed by atoms with E-state index in [1.54, 1.807) is 36.4 Å². The van der Waals surface area contributed by atoms with E-state index < -0.39 is 4.92 Å². The highest BCUT2D eigenvalue weighted by Gasteiger charge is 2.25. The number of anilines is 1. The molecular formula is C33H25N5O4S3. The van der Waals surface area contributed by atoms with Gasteiger partial charge in [-0.3, -0.25) is 19.7 Å². The van der Waals surface area contributed by atoms with Crippen molar-refractivity contribution in [2.75, 3.05) is 5.32 Å². The quantitative estimate of drug-likeness (QED) is 0.103. The Morgan fingerprint density at radius 1 is 0.978 bits per heavy atom. The second kappa shape index (κ2) is 12.7. The van der Waals surface area contributed by atoms with Gasteiger partial charge in [0.2, 0.25) is 0 Å². The maximum absolute atomic E-state index is 12.7. The number of benzene rings is 4. The first-order chi connectivity index (χ1) is 21.6. The Hall–Kier alpha value is -4.78. The van der Waals surface area contributed by atoms with Crippen molar-refractivity contribution in [3.63, 3.8) is 0 Å². The molecule has 0 saturated carbocycles. The van der Waals surface area contributed by atoms with Crippen LogP contribution in [0.3, 0.4) is 0 Å². The summed E-state index contributed by atoms with van der Waals surface area (Å²) in [6.45, 7) is 5.93. The van der Waals surface area contributed by atoms with E-state index in [1.807, 2.05) is 63.2 Å². The first kappa shape index (κ1) is 30.3. The van der Waals surface area contributed by atoms with Gasteiger partial charge in [0.15, 0.2) is 9.51 Å². The van der Waals surface area contributed by atoms with Crippen molar-refractivity contribution in [1.29, 1.82) is 0 Å². The number of nitrogens with zero attached hydrogens (tertiary/aromatic N) is 3. The van der Waals surface area contributed by atoms with E-state index in [-0.39, 0.29) is 17.5 Å². The summed E-state index contributed by atoms with van der Waals surface area (Å²) in [4.78, 5) is 46.9. The van der Waals surface area contributed by atoms with Crippen LogP contribution >= 0.6 is 34.9 Å². The minimum absolute atomic E-state index is 0.0906. The standard InChI is InChI=1S/C33H25N5O4S3/c1-18-4-7-22(8-5-18)30(39)34-23-9-10-25-28(17-23)45-33(36-25)44-27-11-6-21(15-26(27)38(41)42)16-29-31(40)37-32(43-29)35-24-13-19(2)12-20(3)14-24/h4-17H,1-3H3,(H,34,39)(H,35,37,40)/b29-16-. The normalized spacial score (nSPS) is 14.7. The largest absolute Gasteiger partial charge is 0.322 e. The molecule has 0 radical (unpaired) electrons. The fraction of sp³-hybridized carbons (Fsp3) is 0.0909. The van der Waals surface area contributed by atoms with Gasteiger partial charge in [0.05, 0.1) is 30.6 Å². The molecule has 5 aromatic rings. The molecule has 1 aliphatic rings. The Kier molecular flexibility index (Phi) is 8.52. The number of aryl methyl sites for hydroxylation is 3. The first-order valence-electron chi connectivity index (χ1n) is 13.7. The lowest BCUT2D eigenvalue weighted by Crippen LogP contribution is -2.19. The molecule has 1 saturated heterocycles. The molecule has 0 atom stereocenters. The fourth-order valence-corrected chi connectivity index (χ4v) is 7.63. The maximum Gasteiger partial charge on any atom is 0.283 e. The number of hydrogen-bond acceptors (Lipinski definition) is 9. The van der Waals surface area contributed by atoms with Gasteiger partial charge in [0.1, 0.15) is 0 Å². The zero-order valence-corrected chi connectivity index (χ0v) is 26.7. The summed E-state index contributed by atoms with van der Waals surface area (Å²) in [7, 11) is 0. The van der Waals surface area contributed by atoms with Gasteiger partial charge in [0.25, 0.3) is 17.5 Å². The van der Waals surface area contributed by atoms with Crippen LogP contribution in [-0.2, 0) is 4.79 Å². The molecule has 45 heavy (non-hydrogen) atoms. The number of amidine groups is 1. The average Bonchev–Trinajstić information content (AvgIpc) is 3.54. The molecule has 12 heteroatoms. The minimum Gasteiger partial charge on any atom is -0.322 e. The number of aliphatic imine (C=N–C) groups is 1. The number of carbonyl (C=O) groups excluding carboxylic acids is 2. The maximum atomic E-state index is 12.7. The molecule has 9 nitrogen and oxygen atoms in total. The van der Waals surface area contributed by atoms with Crippen LogP contribution in [-0.4, -0.2) is 26.9 Å². The molecule has 0 unspecified atom stereocenters. The van der Waals surface area contributed by atoms with E-state index in [9.17, 15) is 19.7 Å². The highest BCUT2D eigenvalue weighted by molar-refractivity contribution is 8.18. The van der Waals surface area contributed by atoms with Gasteiger partial charge in [-0.25, -0.2) is 9.98 Å². The van der Waals surface area contributed by atoms with E-state index in [2.05, 4.69) is 20.6 Å². The van der Waals surface area contributed by atoms with E-state index in [0.29, 0.717) is 36.1 Å². The third-order valence-electron chi connectivity index (χ3n) is 6.70. The van der Waals surface area contributed by atoms with Crippen LogP contribution in [0.1, 0.15) is 32.6 Å². The van der Waals surface area contributed by atoms with E-state index in [1.165, 1.54) is 40.9 Å². The number of amides is 2. The summed E-state index contributed by atoms with van der Waals surface area (Å²) in [6, 6.07) is 23.5. The van der Waals surface area contributed by atoms with E-state index in [4.69, 9.17) is 0 Å². The van der Waals surface area contributed by atoms with Crippen LogP contribution in [0.15, 0.2) is 98.0 Å². The van der Waals surface area contributed by atoms with Gasteiger partial charge in [-0.05, 0) is 104 Å². The van der Waals surface area contributed by atoms with Crippen molar-refractivity contribution < 1.29 is 14.5 Å². The molecule has 2 N–H and O–H groups in total. The molecular weight excluding hydrogens is 627 g/mol. The van der Waals surface area contributed by atoms with Crippen LogP contribution in [0.5, 0.6) is 0 Å². The molecule has 4 aromatic carbocycles.